The van der Waals surface area contributed by atoms with Crippen molar-refractivity contribution >= 4 is 17.5 Å². The summed E-state index contributed by atoms with van der Waals surface area (Å²) in [6, 6.07) is 0.340. The van der Waals surface area contributed by atoms with E-state index in [0.717, 1.165) is 24.2 Å². The number of aromatic nitrogens is 1. The van der Waals surface area contributed by atoms with E-state index in [2.05, 4.69) is 4.98 Å². The number of hydrogen-bond acceptors (Lipinski definition) is 4. The first-order valence-corrected chi connectivity index (χ1v) is 6.90. The molecule has 1 fully saturated rings. The number of carbonyl (C=O) groups is 1. The Morgan fingerprint density at radius 1 is 1.53 bits per heavy atom. The molecular weight excluding hydrogens is 277 g/mol. The highest BCUT2D eigenvalue weighted by molar-refractivity contribution is 7.99. The summed E-state index contributed by atoms with van der Waals surface area (Å²) in [6.45, 7) is 0.697. The Labute approximate surface area is 113 Å². The van der Waals surface area contributed by atoms with E-state index >= 15 is 0 Å². The molecule has 0 aromatic carbocycles. The van der Waals surface area contributed by atoms with Crippen LogP contribution < -0.4 is 0 Å². The molecule has 104 valence electrons. The van der Waals surface area contributed by atoms with Gasteiger partial charge in [-0.25, -0.2) is 0 Å². The lowest BCUT2D eigenvalue weighted by atomic mass is 10.0. The summed E-state index contributed by atoms with van der Waals surface area (Å²) in [4.78, 5) is 17.7. The van der Waals surface area contributed by atoms with Crippen LogP contribution in [0.25, 0.3) is 0 Å². The van der Waals surface area contributed by atoms with Crippen LogP contribution in [-0.2, 0) is 6.18 Å². The van der Waals surface area contributed by atoms with E-state index in [1.807, 2.05) is 0 Å². The smallest absolute Gasteiger partial charge is 0.295 e. The molecule has 1 unspecified atom stereocenters. The second kappa shape index (κ2) is 5.50. The van der Waals surface area contributed by atoms with Crippen LogP contribution >= 0.6 is 11.8 Å². The van der Waals surface area contributed by atoms with Crippen molar-refractivity contribution in [2.24, 2.45) is 0 Å². The number of carbonyl (C=O) groups excluding carboxylic acids is 1. The molecule has 2 heterocycles. The zero-order valence-electron chi connectivity index (χ0n) is 10.3. The molecule has 7 heteroatoms. The van der Waals surface area contributed by atoms with Crippen LogP contribution in [0.5, 0.6) is 0 Å². The molecule has 0 N–H and O–H groups in total. The van der Waals surface area contributed by atoms with E-state index in [0.29, 0.717) is 12.3 Å². The summed E-state index contributed by atoms with van der Waals surface area (Å²) in [5, 5.41) is 0. The number of rotatable bonds is 2. The van der Waals surface area contributed by atoms with Gasteiger partial charge in [0.25, 0.3) is 0 Å². The van der Waals surface area contributed by atoms with E-state index in [9.17, 15) is 18.0 Å². The van der Waals surface area contributed by atoms with Crippen molar-refractivity contribution in [2.45, 2.75) is 12.2 Å². The van der Waals surface area contributed by atoms with Gasteiger partial charge in [-0.15, -0.1) is 0 Å². The molecule has 19 heavy (non-hydrogen) atoms. The van der Waals surface area contributed by atoms with E-state index in [-0.39, 0.29) is 5.56 Å². The maximum Gasteiger partial charge on any atom is 0.417 e. The minimum Gasteiger partial charge on any atom is -0.295 e. The Bertz CT molecular complexity index is 478. The Hall–Kier alpha value is -1.08. The molecule has 0 bridgehead atoms. The van der Waals surface area contributed by atoms with Gasteiger partial charge in [0.1, 0.15) is 0 Å². The molecule has 0 amide bonds. The van der Waals surface area contributed by atoms with Gasteiger partial charge in [0.2, 0.25) is 0 Å². The average Bonchev–Trinajstić information content (AvgIpc) is 2.37. The van der Waals surface area contributed by atoms with Gasteiger partial charge in [-0.1, -0.05) is 0 Å². The number of nitrogens with zero attached hydrogens (tertiary/aromatic N) is 2. The Kier molecular flexibility index (Phi) is 4.15. The average molecular weight is 290 g/mol. The van der Waals surface area contributed by atoms with E-state index in [1.54, 1.807) is 23.7 Å². The van der Waals surface area contributed by atoms with Crippen molar-refractivity contribution in [1.29, 1.82) is 0 Å². The summed E-state index contributed by atoms with van der Waals surface area (Å²) in [5.74, 6) is 0.899. The van der Waals surface area contributed by atoms with Crippen molar-refractivity contribution < 1.29 is 18.0 Å². The first-order valence-electron chi connectivity index (χ1n) is 5.74. The highest BCUT2D eigenvalue weighted by atomic mass is 32.2. The lowest BCUT2D eigenvalue weighted by Crippen LogP contribution is -2.45. The number of halogens is 3. The van der Waals surface area contributed by atoms with Gasteiger partial charge < -0.3 is 0 Å². The first kappa shape index (κ1) is 14.3. The lowest BCUT2D eigenvalue weighted by Gasteiger charge is -2.31. The number of Topliss-reactive ketones (excluding diaryl/α,β-unsaturated/α-hetero) is 1. The SMILES string of the molecule is CN1CCSCC1C(=O)c1cnccc1C(F)(F)F. The topological polar surface area (TPSA) is 33.2 Å². The van der Waals surface area contributed by atoms with Gasteiger partial charge >= 0.3 is 6.18 Å². The molecular formula is C12H13F3N2OS. The molecule has 0 aliphatic carbocycles. The molecule has 3 nitrogen and oxygen atoms in total. The highest BCUT2D eigenvalue weighted by Gasteiger charge is 2.37. The summed E-state index contributed by atoms with van der Waals surface area (Å²) in [5.41, 5.74) is -1.24. The van der Waals surface area contributed by atoms with Crippen molar-refractivity contribution in [3.63, 3.8) is 0 Å². The van der Waals surface area contributed by atoms with Crippen molar-refractivity contribution in [3.8, 4) is 0 Å². The third-order valence-electron chi connectivity index (χ3n) is 3.09. The van der Waals surface area contributed by atoms with Crippen molar-refractivity contribution in [2.75, 3.05) is 25.1 Å². The van der Waals surface area contributed by atoms with E-state index < -0.39 is 23.6 Å². The zero-order valence-corrected chi connectivity index (χ0v) is 11.1. The monoisotopic (exact) mass is 290 g/mol. The number of likely N-dealkylation sites (N-methyl/N-ethyl adjacent to an activating group) is 1. The number of thioether (sulfide) groups is 1. The molecule has 1 aromatic rings. The molecule has 0 saturated carbocycles. The quantitative estimate of drug-likeness (QED) is 0.783. The standard InChI is InChI=1S/C12H13F3N2OS/c1-17-4-5-19-7-10(17)11(18)8-6-16-3-2-9(8)12(13,14)15/h2-3,6,10H,4-5,7H2,1H3. The Morgan fingerprint density at radius 3 is 2.89 bits per heavy atom. The molecule has 1 aromatic heterocycles. The summed E-state index contributed by atoms with van der Waals surface area (Å²) < 4.78 is 38.6. The second-order valence-corrected chi connectivity index (χ2v) is 5.50. The van der Waals surface area contributed by atoms with Crippen molar-refractivity contribution in [3.05, 3.63) is 29.6 Å². The molecule has 2 rings (SSSR count). The van der Waals surface area contributed by atoms with Gasteiger partial charge in [-0.3, -0.25) is 14.7 Å². The van der Waals surface area contributed by atoms with Gasteiger partial charge in [-0.05, 0) is 13.1 Å². The van der Waals surface area contributed by atoms with Crippen LogP contribution in [0, 0.1) is 0 Å². The minimum absolute atomic E-state index is 0.339. The van der Waals surface area contributed by atoms with Crippen LogP contribution in [0.2, 0.25) is 0 Å². The molecule has 1 aliphatic rings. The molecule has 0 radical (unpaired) electrons. The number of ketones is 1. The van der Waals surface area contributed by atoms with Crippen LogP contribution in [0.1, 0.15) is 15.9 Å². The highest BCUT2D eigenvalue weighted by Crippen LogP contribution is 2.32. The summed E-state index contributed by atoms with van der Waals surface area (Å²) in [7, 11) is 1.76. The zero-order chi connectivity index (χ0) is 14.0. The summed E-state index contributed by atoms with van der Waals surface area (Å²) in [6.07, 6.45) is -2.47. The number of alkyl halides is 3. The van der Waals surface area contributed by atoms with Gasteiger partial charge in [0.15, 0.2) is 5.78 Å². The fourth-order valence-corrected chi connectivity index (χ4v) is 3.19. The third-order valence-corrected chi connectivity index (χ3v) is 4.11. The van der Waals surface area contributed by atoms with Gasteiger partial charge in [0.05, 0.1) is 11.6 Å². The van der Waals surface area contributed by atoms with Gasteiger partial charge in [0, 0.05) is 36.0 Å². The minimum atomic E-state index is -4.53. The molecule has 1 aliphatic heterocycles. The Balaban J connectivity index is 2.33. The van der Waals surface area contributed by atoms with Gasteiger partial charge in [-0.2, -0.15) is 24.9 Å². The lowest BCUT2D eigenvalue weighted by molar-refractivity contribution is -0.138. The Morgan fingerprint density at radius 2 is 2.26 bits per heavy atom. The number of hydrogen-bond donors (Lipinski definition) is 0. The third kappa shape index (κ3) is 3.09. The molecule has 1 atom stereocenters. The van der Waals surface area contributed by atoms with Crippen LogP contribution in [0.15, 0.2) is 18.5 Å². The number of pyridine rings is 1. The van der Waals surface area contributed by atoms with Crippen molar-refractivity contribution in [1.82, 2.24) is 9.88 Å². The maximum atomic E-state index is 12.9. The fraction of sp³-hybridized carbons (Fsp3) is 0.500. The second-order valence-electron chi connectivity index (χ2n) is 4.35. The fourth-order valence-electron chi connectivity index (χ4n) is 1.98. The van der Waals surface area contributed by atoms with E-state index in [1.165, 1.54) is 0 Å². The van der Waals surface area contributed by atoms with Crippen LogP contribution in [-0.4, -0.2) is 46.8 Å². The maximum absolute atomic E-state index is 12.9. The molecule has 1 saturated heterocycles. The van der Waals surface area contributed by atoms with Crippen LogP contribution in [0.4, 0.5) is 13.2 Å². The molecule has 0 spiro atoms. The van der Waals surface area contributed by atoms with Crippen LogP contribution in [0.3, 0.4) is 0 Å². The predicted molar refractivity (Wildman–Crippen MR) is 67.3 cm³/mol. The van der Waals surface area contributed by atoms with E-state index in [4.69, 9.17) is 0 Å². The first-order chi connectivity index (χ1) is 8.91. The largest absolute Gasteiger partial charge is 0.417 e. The normalized spacial score (nSPS) is 21.4. The predicted octanol–water partition coefficient (Wildman–Crippen LogP) is 2.33. The summed E-state index contributed by atoms with van der Waals surface area (Å²) >= 11 is 1.58.